The van der Waals surface area contributed by atoms with E-state index >= 15 is 0 Å². The van der Waals surface area contributed by atoms with Gasteiger partial charge in [-0.3, -0.25) is 4.79 Å². The summed E-state index contributed by atoms with van der Waals surface area (Å²) in [5, 5.41) is 11.3. The molecular formula is C9H16N2O3. The quantitative estimate of drug-likeness (QED) is 0.549. The predicted molar refractivity (Wildman–Crippen MR) is 50.6 cm³/mol. The lowest BCUT2D eigenvalue weighted by atomic mass is 10.1. The maximum absolute atomic E-state index is 11.3. The van der Waals surface area contributed by atoms with Crippen molar-refractivity contribution in [2.24, 2.45) is 11.7 Å². The van der Waals surface area contributed by atoms with Crippen molar-refractivity contribution in [3.63, 3.8) is 0 Å². The van der Waals surface area contributed by atoms with Gasteiger partial charge in [-0.1, -0.05) is 0 Å². The summed E-state index contributed by atoms with van der Waals surface area (Å²) >= 11 is 0. The molecule has 5 nitrogen and oxygen atoms in total. The second kappa shape index (κ2) is 4.95. The van der Waals surface area contributed by atoms with Crippen molar-refractivity contribution in [2.75, 3.05) is 6.54 Å². The molecule has 1 fully saturated rings. The first-order chi connectivity index (χ1) is 6.65. The molecule has 0 radical (unpaired) electrons. The first-order valence-corrected chi connectivity index (χ1v) is 4.88. The third-order valence-electron chi connectivity index (χ3n) is 2.26. The molecule has 0 aromatic heterocycles. The van der Waals surface area contributed by atoms with Gasteiger partial charge in [-0.25, -0.2) is 4.79 Å². The van der Waals surface area contributed by atoms with Crippen LogP contribution < -0.4 is 11.1 Å². The highest BCUT2D eigenvalue weighted by atomic mass is 16.4. The number of carbonyl (C=O) groups excluding carboxylic acids is 1. The summed E-state index contributed by atoms with van der Waals surface area (Å²) in [5.74, 6) is -1.06. The van der Waals surface area contributed by atoms with Gasteiger partial charge in [0.2, 0.25) is 5.91 Å². The van der Waals surface area contributed by atoms with Crippen molar-refractivity contribution in [1.29, 1.82) is 0 Å². The molecule has 1 amide bonds. The number of hydrogen-bond acceptors (Lipinski definition) is 3. The van der Waals surface area contributed by atoms with E-state index < -0.39 is 12.0 Å². The molecule has 0 heterocycles. The van der Waals surface area contributed by atoms with Gasteiger partial charge in [-0.2, -0.15) is 0 Å². The Balaban J connectivity index is 2.33. The third-order valence-corrected chi connectivity index (χ3v) is 2.26. The summed E-state index contributed by atoms with van der Waals surface area (Å²) in [6.45, 7) is 0.447. The number of carbonyl (C=O) groups is 2. The minimum atomic E-state index is -0.979. The molecule has 0 saturated heterocycles. The highest BCUT2D eigenvalue weighted by molar-refractivity contribution is 5.86. The second-order valence-electron chi connectivity index (χ2n) is 3.60. The molecule has 0 aromatic carbocycles. The number of carboxylic acids is 1. The van der Waals surface area contributed by atoms with Crippen LogP contribution in [0.15, 0.2) is 0 Å². The maximum Gasteiger partial charge on any atom is 0.326 e. The van der Waals surface area contributed by atoms with Crippen molar-refractivity contribution in [3.05, 3.63) is 0 Å². The van der Waals surface area contributed by atoms with Gasteiger partial charge in [0.15, 0.2) is 0 Å². The number of hydrogen-bond donors (Lipinski definition) is 3. The lowest BCUT2D eigenvalue weighted by molar-refractivity contribution is -0.142. The van der Waals surface area contributed by atoms with Gasteiger partial charge in [0.25, 0.3) is 0 Å². The van der Waals surface area contributed by atoms with Gasteiger partial charge < -0.3 is 16.2 Å². The molecule has 0 aromatic rings. The molecule has 1 atom stereocenters. The average Bonchev–Trinajstić information content (AvgIpc) is 2.94. The van der Waals surface area contributed by atoms with Crippen LogP contribution in [0.5, 0.6) is 0 Å². The fraction of sp³-hybridized carbons (Fsp3) is 0.778. The molecule has 0 unspecified atom stereocenters. The van der Waals surface area contributed by atoms with E-state index in [0.717, 1.165) is 12.8 Å². The summed E-state index contributed by atoms with van der Waals surface area (Å²) in [5.41, 5.74) is 5.27. The lowest BCUT2D eigenvalue weighted by Gasteiger charge is -2.13. The van der Waals surface area contributed by atoms with Crippen LogP contribution in [-0.2, 0) is 9.59 Å². The standard InChI is InChI=1S/C9H16N2O3/c10-5-1-2-7(9(13)14)11-8(12)6-3-4-6/h6-7H,1-5,10H2,(H,11,12)(H,13,14)/t7-/m1/s1. The molecule has 1 rings (SSSR count). The average molecular weight is 200 g/mol. The Labute approximate surface area is 82.7 Å². The first kappa shape index (κ1) is 11.0. The van der Waals surface area contributed by atoms with Crippen molar-refractivity contribution in [2.45, 2.75) is 31.7 Å². The Morgan fingerprint density at radius 1 is 1.50 bits per heavy atom. The SMILES string of the molecule is NCCC[C@@H](NC(=O)C1CC1)C(=O)O. The lowest BCUT2D eigenvalue weighted by Crippen LogP contribution is -2.41. The smallest absolute Gasteiger partial charge is 0.326 e. The number of nitrogens with two attached hydrogens (primary N) is 1. The van der Waals surface area contributed by atoms with Gasteiger partial charge in [0.1, 0.15) is 6.04 Å². The topological polar surface area (TPSA) is 92.4 Å². The monoisotopic (exact) mass is 200 g/mol. The number of nitrogens with one attached hydrogen (secondary N) is 1. The Morgan fingerprint density at radius 3 is 2.57 bits per heavy atom. The summed E-state index contributed by atoms with van der Waals surface area (Å²) in [7, 11) is 0. The van der Waals surface area contributed by atoms with Crippen LogP contribution in [0.3, 0.4) is 0 Å². The molecule has 5 heteroatoms. The van der Waals surface area contributed by atoms with Crippen LogP contribution >= 0.6 is 0 Å². The Morgan fingerprint density at radius 2 is 2.14 bits per heavy atom. The van der Waals surface area contributed by atoms with Crippen molar-refractivity contribution >= 4 is 11.9 Å². The van der Waals surface area contributed by atoms with E-state index in [0.29, 0.717) is 19.4 Å². The van der Waals surface area contributed by atoms with E-state index in [-0.39, 0.29) is 11.8 Å². The molecule has 0 spiro atoms. The highest BCUT2D eigenvalue weighted by Gasteiger charge is 2.32. The molecular weight excluding hydrogens is 184 g/mol. The Kier molecular flexibility index (Phi) is 3.88. The van der Waals surface area contributed by atoms with E-state index in [2.05, 4.69) is 5.32 Å². The zero-order valence-electron chi connectivity index (χ0n) is 8.03. The zero-order valence-corrected chi connectivity index (χ0v) is 8.03. The molecule has 1 aliphatic carbocycles. The van der Waals surface area contributed by atoms with E-state index in [4.69, 9.17) is 10.8 Å². The number of carboxylic acid groups (broad SMARTS) is 1. The zero-order chi connectivity index (χ0) is 10.6. The molecule has 1 aliphatic rings. The predicted octanol–water partition coefficient (Wildman–Crippen LogP) is -0.295. The molecule has 0 aliphatic heterocycles. The van der Waals surface area contributed by atoms with E-state index in [1.807, 2.05) is 0 Å². The van der Waals surface area contributed by atoms with Crippen LogP contribution in [0.2, 0.25) is 0 Å². The molecule has 0 bridgehead atoms. The summed E-state index contributed by atoms with van der Waals surface area (Å²) in [6.07, 6.45) is 2.79. The molecule has 4 N–H and O–H groups in total. The number of rotatable bonds is 6. The normalized spacial score (nSPS) is 17.5. The van der Waals surface area contributed by atoms with Crippen molar-refractivity contribution < 1.29 is 14.7 Å². The van der Waals surface area contributed by atoms with E-state index in [1.165, 1.54) is 0 Å². The van der Waals surface area contributed by atoms with Crippen LogP contribution in [-0.4, -0.2) is 29.6 Å². The summed E-state index contributed by atoms with van der Waals surface area (Å²) in [6, 6.07) is -0.772. The minimum Gasteiger partial charge on any atom is -0.480 e. The van der Waals surface area contributed by atoms with Crippen LogP contribution in [0.1, 0.15) is 25.7 Å². The second-order valence-corrected chi connectivity index (χ2v) is 3.60. The fourth-order valence-corrected chi connectivity index (χ4v) is 1.21. The fourth-order valence-electron chi connectivity index (χ4n) is 1.21. The van der Waals surface area contributed by atoms with E-state index in [1.54, 1.807) is 0 Å². The van der Waals surface area contributed by atoms with Crippen molar-refractivity contribution in [3.8, 4) is 0 Å². The van der Waals surface area contributed by atoms with Gasteiger partial charge in [-0.05, 0) is 32.2 Å². The van der Waals surface area contributed by atoms with Crippen molar-refractivity contribution in [1.82, 2.24) is 5.32 Å². The van der Waals surface area contributed by atoms with Gasteiger partial charge in [-0.15, -0.1) is 0 Å². The molecule has 14 heavy (non-hydrogen) atoms. The first-order valence-electron chi connectivity index (χ1n) is 4.88. The Hall–Kier alpha value is -1.10. The third kappa shape index (κ3) is 3.33. The largest absolute Gasteiger partial charge is 0.480 e. The minimum absolute atomic E-state index is 0.0507. The van der Waals surface area contributed by atoms with E-state index in [9.17, 15) is 9.59 Å². The number of amides is 1. The van der Waals surface area contributed by atoms with Gasteiger partial charge >= 0.3 is 5.97 Å². The van der Waals surface area contributed by atoms with Gasteiger partial charge in [0.05, 0.1) is 0 Å². The molecule has 80 valence electrons. The van der Waals surface area contributed by atoms with Crippen LogP contribution in [0, 0.1) is 5.92 Å². The summed E-state index contributed by atoms with van der Waals surface area (Å²) < 4.78 is 0. The Bertz CT molecular complexity index is 226. The summed E-state index contributed by atoms with van der Waals surface area (Å²) in [4.78, 5) is 22.0. The maximum atomic E-state index is 11.3. The van der Waals surface area contributed by atoms with Crippen LogP contribution in [0.4, 0.5) is 0 Å². The van der Waals surface area contributed by atoms with Gasteiger partial charge in [0, 0.05) is 5.92 Å². The highest BCUT2D eigenvalue weighted by Crippen LogP contribution is 2.28. The van der Waals surface area contributed by atoms with Crippen LogP contribution in [0.25, 0.3) is 0 Å². The molecule has 1 saturated carbocycles. The number of aliphatic carboxylic acids is 1.